The molecule has 0 saturated carbocycles. The summed E-state index contributed by atoms with van der Waals surface area (Å²) in [6.45, 7) is 1.30. The first-order valence-corrected chi connectivity index (χ1v) is 9.61. The highest BCUT2D eigenvalue weighted by atomic mass is 19.3. The summed E-state index contributed by atoms with van der Waals surface area (Å²) in [6.07, 6.45) is 1.45. The number of carbonyl (C=O) groups is 2. The van der Waals surface area contributed by atoms with Crippen molar-refractivity contribution in [3.63, 3.8) is 0 Å². The first-order chi connectivity index (χ1) is 14.5. The van der Waals surface area contributed by atoms with Crippen LogP contribution in [0.3, 0.4) is 0 Å². The fraction of sp³-hybridized carbons (Fsp3) is 0.400. The summed E-state index contributed by atoms with van der Waals surface area (Å²) in [4.78, 5) is 28.3. The summed E-state index contributed by atoms with van der Waals surface area (Å²) in [6, 6.07) is 9.36. The van der Waals surface area contributed by atoms with Gasteiger partial charge in [0.15, 0.2) is 5.76 Å². The smallest absolute Gasteiger partial charge is 0.387 e. The van der Waals surface area contributed by atoms with Crippen LogP contribution in [-0.4, -0.2) is 74.0 Å². The van der Waals surface area contributed by atoms with Crippen LogP contribution in [0.25, 0.3) is 0 Å². The van der Waals surface area contributed by atoms with Gasteiger partial charge in [0.1, 0.15) is 5.75 Å². The van der Waals surface area contributed by atoms with Gasteiger partial charge < -0.3 is 19.8 Å². The SMILES string of the molecule is O=C(CN1CCN(CCNC(=O)c2ccco2)CC1)Nc1ccccc1OC(F)F. The van der Waals surface area contributed by atoms with Crippen LogP contribution in [0, 0.1) is 0 Å². The molecule has 2 N–H and O–H groups in total. The second-order valence-corrected chi connectivity index (χ2v) is 6.77. The highest BCUT2D eigenvalue weighted by Gasteiger charge is 2.20. The highest BCUT2D eigenvalue weighted by molar-refractivity contribution is 5.93. The van der Waals surface area contributed by atoms with Crippen molar-refractivity contribution in [2.45, 2.75) is 6.61 Å². The largest absolute Gasteiger partial charge is 0.459 e. The topological polar surface area (TPSA) is 87.1 Å². The lowest BCUT2D eigenvalue weighted by atomic mass is 10.2. The summed E-state index contributed by atoms with van der Waals surface area (Å²) in [5.74, 6) is -0.320. The molecule has 162 valence electrons. The van der Waals surface area contributed by atoms with E-state index in [0.717, 1.165) is 13.1 Å². The fourth-order valence-corrected chi connectivity index (χ4v) is 3.15. The normalized spacial score (nSPS) is 15.2. The molecule has 3 rings (SSSR count). The zero-order valence-corrected chi connectivity index (χ0v) is 16.4. The Kier molecular flexibility index (Phi) is 7.75. The van der Waals surface area contributed by atoms with Gasteiger partial charge in [-0.25, -0.2) is 0 Å². The lowest BCUT2D eigenvalue weighted by molar-refractivity contribution is -0.117. The molecule has 2 heterocycles. The number of rotatable bonds is 9. The number of piperazine rings is 1. The number of ether oxygens (including phenoxy) is 1. The molecule has 1 saturated heterocycles. The van der Waals surface area contributed by atoms with Gasteiger partial charge in [0.05, 0.1) is 18.5 Å². The Morgan fingerprint density at radius 3 is 2.50 bits per heavy atom. The van der Waals surface area contributed by atoms with E-state index in [1.807, 2.05) is 4.90 Å². The summed E-state index contributed by atoms with van der Waals surface area (Å²) in [5, 5.41) is 5.43. The van der Waals surface area contributed by atoms with Crippen molar-refractivity contribution >= 4 is 17.5 Å². The molecule has 0 unspecified atom stereocenters. The second-order valence-electron chi connectivity index (χ2n) is 6.77. The molecule has 2 aromatic rings. The number of amides is 2. The van der Waals surface area contributed by atoms with Crippen LogP contribution in [0.2, 0.25) is 0 Å². The molecule has 0 spiro atoms. The monoisotopic (exact) mass is 422 g/mol. The third-order valence-corrected chi connectivity index (χ3v) is 4.67. The van der Waals surface area contributed by atoms with Gasteiger partial charge >= 0.3 is 6.61 Å². The Hall–Kier alpha value is -2.98. The van der Waals surface area contributed by atoms with Crippen LogP contribution in [-0.2, 0) is 4.79 Å². The van der Waals surface area contributed by atoms with E-state index in [-0.39, 0.29) is 35.6 Å². The maximum Gasteiger partial charge on any atom is 0.387 e. The number of halogens is 2. The molecule has 30 heavy (non-hydrogen) atoms. The Balaban J connectivity index is 1.36. The third kappa shape index (κ3) is 6.53. The van der Waals surface area contributed by atoms with Gasteiger partial charge in [-0.15, -0.1) is 0 Å². The van der Waals surface area contributed by atoms with Crippen molar-refractivity contribution < 1.29 is 27.5 Å². The van der Waals surface area contributed by atoms with E-state index in [0.29, 0.717) is 26.2 Å². The number of hydrogen-bond donors (Lipinski definition) is 2. The van der Waals surface area contributed by atoms with E-state index in [2.05, 4.69) is 20.3 Å². The van der Waals surface area contributed by atoms with Gasteiger partial charge in [-0.3, -0.25) is 19.4 Å². The number of para-hydroxylation sites is 2. The molecule has 1 fully saturated rings. The average molecular weight is 422 g/mol. The fourth-order valence-electron chi connectivity index (χ4n) is 3.15. The highest BCUT2D eigenvalue weighted by Crippen LogP contribution is 2.25. The minimum atomic E-state index is -2.96. The van der Waals surface area contributed by atoms with E-state index in [9.17, 15) is 18.4 Å². The van der Waals surface area contributed by atoms with E-state index < -0.39 is 6.61 Å². The van der Waals surface area contributed by atoms with Crippen molar-refractivity contribution in [2.75, 3.05) is 51.1 Å². The van der Waals surface area contributed by atoms with Crippen LogP contribution in [0.1, 0.15) is 10.6 Å². The van der Waals surface area contributed by atoms with Crippen molar-refractivity contribution in [3.8, 4) is 5.75 Å². The number of nitrogens with zero attached hydrogens (tertiary/aromatic N) is 2. The van der Waals surface area contributed by atoms with Crippen molar-refractivity contribution in [3.05, 3.63) is 48.4 Å². The van der Waals surface area contributed by atoms with Crippen LogP contribution in [0.4, 0.5) is 14.5 Å². The van der Waals surface area contributed by atoms with Crippen LogP contribution in [0.5, 0.6) is 5.75 Å². The van der Waals surface area contributed by atoms with Crippen molar-refractivity contribution in [1.29, 1.82) is 0 Å². The first-order valence-electron chi connectivity index (χ1n) is 9.61. The molecule has 1 aliphatic rings. The standard InChI is InChI=1S/C20H24F2N4O4/c21-20(22)30-16-5-2-1-4-15(16)24-18(27)14-26-11-9-25(10-12-26)8-7-23-19(28)17-6-3-13-29-17/h1-6,13,20H,7-12,14H2,(H,23,28)(H,24,27). The minimum absolute atomic E-state index is 0.0673. The van der Waals surface area contributed by atoms with E-state index in [1.54, 1.807) is 24.3 Å². The minimum Gasteiger partial charge on any atom is -0.459 e. The molecule has 8 nitrogen and oxygen atoms in total. The van der Waals surface area contributed by atoms with Gasteiger partial charge in [-0.1, -0.05) is 12.1 Å². The maximum absolute atomic E-state index is 12.5. The second kappa shape index (κ2) is 10.7. The zero-order valence-electron chi connectivity index (χ0n) is 16.4. The number of nitrogens with one attached hydrogen (secondary N) is 2. The zero-order chi connectivity index (χ0) is 21.3. The average Bonchev–Trinajstić information content (AvgIpc) is 3.25. The van der Waals surface area contributed by atoms with E-state index in [1.165, 1.54) is 18.4 Å². The molecule has 0 bridgehead atoms. The predicted molar refractivity (Wildman–Crippen MR) is 106 cm³/mol. The van der Waals surface area contributed by atoms with E-state index >= 15 is 0 Å². The van der Waals surface area contributed by atoms with Crippen LogP contribution < -0.4 is 15.4 Å². The maximum atomic E-state index is 12.5. The Morgan fingerprint density at radius 2 is 1.80 bits per heavy atom. The number of hydrogen-bond acceptors (Lipinski definition) is 6. The van der Waals surface area contributed by atoms with Crippen molar-refractivity contribution in [1.82, 2.24) is 15.1 Å². The van der Waals surface area contributed by atoms with E-state index in [4.69, 9.17) is 4.42 Å². The van der Waals surface area contributed by atoms with Crippen LogP contribution in [0.15, 0.2) is 47.1 Å². The molecular weight excluding hydrogens is 398 g/mol. The lowest BCUT2D eigenvalue weighted by Crippen LogP contribution is -2.50. The Bertz CT molecular complexity index is 824. The van der Waals surface area contributed by atoms with Gasteiger partial charge in [0.25, 0.3) is 5.91 Å². The summed E-state index contributed by atoms with van der Waals surface area (Å²) in [7, 11) is 0. The number of benzene rings is 1. The van der Waals surface area contributed by atoms with Gasteiger partial charge in [0.2, 0.25) is 5.91 Å². The predicted octanol–water partition coefficient (Wildman–Crippen LogP) is 1.87. The molecule has 1 aromatic heterocycles. The number of carbonyl (C=O) groups excluding carboxylic acids is 2. The number of anilines is 1. The molecular formula is C20H24F2N4O4. The molecule has 1 aromatic carbocycles. The molecule has 2 amide bonds. The Labute approximate surface area is 172 Å². The first kappa shape index (κ1) is 21.7. The lowest BCUT2D eigenvalue weighted by Gasteiger charge is -2.34. The summed E-state index contributed by atoms with van der Waals surface area (Å²) >= 11 is 0. The molecule has 0 aliphatic carbocycles. The Morgan fingerprint density at radius 1 is 1.07 bits per heavy atom. The van der Waals surface area contributed by atoms with Gasteiger partial charge in [-0.05, 0) is 24.3 Å². The van der Waals surface area contributed by atoms with Crippen molar-refractivity contribution in [2.24, 2.45) is 0 Å². The quantitative estimate of drug-likeness (QED) is 0.642. The van der Waals surface area contributed by atoms with Gasteiger partial charge in [-0.2, -0.15) is 8.78 Å². The number of alkyl halides is 2. The number of furan rings is 1. The summed E-state index contributed by atoms with van der Waals surface area (Å²) < 4.78 is 34.4. The molecule has 1 aliphatic heterocycles. The molecule has 0 radical (unpaired) electrons. The van der Waals surface area contributed by atoms with Crippen LogP contribution >= 0.6 is 0 Å². The molecule has 10 heteroatoms. The van der Waals surface area contributed by atoms with Gasteiger partial charge in [0, 0.05) is 39.3 Å². The summed E-state index contributed by atoms with van der Waals surface area (Å²) in [5.41, 5.74) is 0.216. The third-order valence-electron chi connectivity index (χ3n) is 4.67. The molecule has 0 atom stereocenters.